The molecule has 24 heavy (non-hydrogen) atoms. The minimum absolute atomic E-state index is 0.106. The van der Waals surface area contributed by atoms with E-state index in [1.165, 1.54) is 6.92 Å². The number of aliphatic carboxylic acids is 1. The van der Waals surface area contributed by atoms with Gasteiger partial charge in [0.15, 0.2) is 5.71 Å². The second kappa shape index (κ2) is 8.04. The number of nitrogens with zero attached hydrogens (tertiary/aromatic N) is 1. The summed E-state index contributed by atoms with van der Waals surface area (Å²) in [5.74, 6) is -1.13. The summed E-state index contributed by atoms with van der Waals surface area (Å²) < 4.78 is 0. The number of hydrogen-bond acceptors (Lipinski definition) is 4. The summed E-state index contributed by atoms with van der Waals surface area (Å²) >= 11 is 12.5. The molecule has 0 aliphatic rings. The average Bonchev–Trinajstić information content (AvgIpc) is 2.56. The van der Waals surface area contributed by atoms with Gasteiger partial charge in [-0.25, -0.2) is 4.79 Å². The van der Waals surface area contributed by atoms with E-state index in [-0.39, 0.29) is 12.3 Å². The number of carboxylic acids is 1. The van der Waals surface area contributed by atoms with Gasteiger partial charge in [-0.15, -0.1) is 0 Å². The molecule has 0 radical (unpaired) electrons. The lowest BCUT2D eigenvalue weighted by Crippen LogP contribution is -2.08. The number of carbonyl (C=O) groups is 1. The normalized spacial score (nSPS) is 11.2. The van der Waals surface area contributed by atoms with Gasteiger partial charge < -0.3 is 15.3 Å². The number of aryl methyl sites for hydroxylation is 1. The van der Waals surface area contributed by atoms with Crippen LogP contribution >= 0.6 is 23.2 Å². The van der Waals surface area contributed by atoms with Crippen LogP contribution in [0.5, 0.6) is 0 Å². The first kappa shape index (κ1) is 18.1. The van der Waals surface area contributed by atoms with Gasteiger partial charge >= 0.3 is 5.97 Å². The number of anilines is 2. The van der Waals surface area contributed by atoms with Gasteiger partial charge in [-0.2, -0.15) is 0 Å². The Balaban J connectivity index is 2.23. The molecule has 2 aromatic rings. The smallest absolute Gasteiger partial charge is 0.353 e. The molecule has 0 atom stereocenters. The summed E-state index contributed by atoms with van der Waals surface area (Å²) in [6, 6.07) is 11.0. The molecule has 0 heterocycles. The zero-order valence-electron chi connectivity index (χ0n) is 13.1. The monoisotopic (exact) mass is 366 g/mol. The van der Waals surface area contributed by atoms with Crippen LogP contribution in [0.3, 0.4) is 0 Å². The van der Waals surface area contributed by atoms with Crippen LogP contribution in [0.4, 0.5) is 11.4 Å². The van der Waals surface area contributed by atoms with E-state index in [0.717, 1.165) is 16.8 Å². The third kappa shape index (κ3) is 4.40. The largest absolute Gasteiger partial charge is 0.477 e. The summed E-state index contributed by atoms with van der Waals surface area (Å²) in [4.78, 5) is 15.8. The van der Waals surface area contributed by atoms with E-state index < -0.39 is 5.97 Å². The van der Waals surface area contributed by atoms with E-state index in [9.17, 15) is 4.79 Å². The van der Waals surface area contributed by atoms with Crippen LogP contribution in [0.1, 0.15) is 18.1 Å². The summed E-state index contributed by atoms with van der Waals surface area (Å²) in [6.45, 7) is 3.36. The molecule has 2 N–H and O–H groups in total. The molecule has 0 amide bonds. The molecule has 126 valence electrons. The highest BCUT2D eigenvalue weighted by Gasteiger charge is 2.11. The fourth-order valence-corrected chi connectivity index (χ4v) is 2.38. The molecule has 7 heteroatoms. The van der Waals surface area contributed by atoms with Crippen LogP contribution in [0.2, 0.25) is 10.0 Å². The Bertz CT molecular complexity index is 791. The quantitative estimate of drug-likeness (QED) is 0.555. The van der Waals surface area contributed by atoms with Crippen LogP contribution in [0.15, 0.2) is 41.6 Å². The van der Waals surface area contributed by atoms with Crippen molar-refractivity contribution in [3.05, 3.63) is 57.6 Å². The van der Waals surface area contributed by atoms with Gasteiger partial charge in [0.05, 0.1) is 15.7 Å². The van der Waals surface area contributed by atoms with Crippen LogP contribution in [-0.2, 0) is 16.2 Å². The van der Waals surface area contributed by atoms with Crippen molar-refractivity contribution in [2.75, 3.05) is 5.32 Å². The van der Waals surface area contributed by atoms with E-state index in [1.807, 2.05) is 37.3 Å². The Morgan fingerprint density at radius 3 is 2.67 bits per heavy atom. The Hall–Kier alpha value is -2.24. The van der Waals surface area contributed by atoms with E-state index >= 15 is 0 Å². The minimum atomic E-state index is -1.13. The molecule has 2 aromatic carbocycles. The molecule has 0 aliphatic carbocycles. The van der Waals surface area contributed by atoms with E-state index in [1.54, 1.807) is 6.07 Å². The van der Waals surface area contributed by atoms with Gasteiger partial charge in [0.25, 0.3) is 0 Å². The highest BCUT2D eigenvalue weighted by Crippen LogP contribution is 2.36. The Morgan fingerprint density at radius 2 is 1.96 bits per heavy atom. The number of halogens is 2. The number of carboxylic acid groups (broad SMARTS) is 1. The van der Waals surface area contributed by atoms with Crippen molar-refractivity contribution in [1.29, 1.82) is 0 Å². The van der Waals surface area contributed by atoms with Crippen molar-refractivity contribution in [2.24, 2.45) is 5.16 Å². The molecule has 0 saturated carbocycles. The predicted molar refractivity (Wildman–Crippen MR) is 96.5 cm³/mol. The maximum Gasteiger partial charge on any atom is 0.353 e. The number of oxime groups is 1. The molecule has 0 unspecified atom stereocenters. The van der Waals surface area contributed by atoms with Crippen LogP contribution in [0.25, 0.3) is 0 Å². The van der Waals surface area contributed by atoms with Crippen molar-refractivity contribution in [3.8, 4) is 0 Å². The van der Waals surface area contributed by atoms with E-state index in [0.29, 0.717) is 15.7 Å². The van der Waals surface area contributed by atoms with Gasteiger partial charge in [-0.05, 0) is 31.5 Å². The summed E-state index contributed by atoms with van der Waals surface area (Å²) in [5.41, 5.74) is 2.92. The van der Waals surface area contributed by atoms with E-state index in [4.69, 9.17) is 33.1 Å². The number of nitrogens with one attached hydrogen (secondary N) is 1. The fourth-order valence-electron chi connectivity index (χ4n) is 1.91. The first-order chi connectivity index (χ1) is 11.4. The molecular formula is C17H16Cl2N2O3. The third-order valence-electron chi connectivity index (χ3n) is 3.29. The zero-order chi connectivity index (χ0) is 17.7. The standard InChI is InChI=1S/C17H16Cl2N2O3/c1-10-7-8-13(18)16(15(10)19)20-14-6-4-3-5-12(14)9-24-21-11(2)17(22)23/h3-8,20H,9H2,1-2H3,(H,22,23). The topological polar surface area (TPSA) is 70.9 Å². The molecule has 0 aromatic heterocycles. The second-order valence-corrected chi connectivity index (χ2v) is 5.88. The van der Waals surface area contributed by atoms with Crippen molar-refractivity contribution >= 4 is 46.3 Å². The SMILES string of the molecule is CC(=NOCc1ccccc1Nc1c(Cl)ccc(C)c1Cl)C(=O)O. The number of hydrogen-bond donors (Lipinski definition) is 2. The Labute approximate surface area is 149 Å². The maximum atomic E-state index is 10.7. The minimum Gasteiger partial charge on any atom is -0.477 e. The Morgan fingerprint density at radius 1 is 1.25 bits per heavy atom. The molecule has 5 nitrogen and oxygen atoms in total. The average molecular weight is 367 g/mol. The van der Waals surface area contributed by atoms with Gasteiger partial charge in [0, 0.05) is 11.3 Å². The van der Waals surface area contributed by atoms with Crippen LogP contribution in [-0.4, -0.2) is 16.8 Å². The van der Waals surface area contributed by atoms with Gasteiger partial charge in [-0.1, -0.05) is 52.6 Å². The lowest BCUT2D eigenvalue weighted by atomic mass is 10.1. The number of benzene rings is 2. The lowest BCUT2D eigenvalue weighted by molar-refractivity contribution is -0.129. The lowest BCUT2D eigenvalue weighted by Gasteiger charge is -2.15. The highest BCUT2D eigenvalue weighted by atomic mass is 35.5. The maximum absolute atomic E-state index is 10.7. The molecule has 0 aliphatic heterocycles. The van der Waals surface area contributed by atoms with Gasteiger partial charge in [-0.3, -0.25) is 0 Å². The van der Waals surface area contributed by atoms with Crippen LogP contribution in [0, 0.1) is 6.92 Å². The Kier molecular flexibility index (Phi) is 6.06. The van der Waals surface area contributed by atoms with Crippen LogP contribution < -0.4 is 5.32 Å². The number of rotatable bonds is 6. The first-order valence-electron chi connectivity index (χ1n) is 7.09. The number of para-hydroxylation sites is 1. The van der Waals surface area contributed by atoms with Crippen molar-refractivity contribution in [2.45, 2.75) is 20.5 Å². The molecule has 0 spiro atoms. The first-order valence-corrected chi connectivity index (χ1v) is 7.85. The highest BCUT2D eigenvalue weighted by molar-refractivity contribution is 6.39. The third-order valence-corrected chi connectivity index (χ3v) is 4.09. The van der Waals surface area contributed by atoms with Gasteiger partial charge in [0.1, 0.15) is 6.61 Å². The molecule has 0 saturated heterocycles. The summed E-state index contributed by atoms with van der Waals surface area (Å²) in [5, 5.41) is 16.6. The fraction of sp³-hybridized carbons (Fsp3) is 0.176. The molecule has 0 bridgehead atoms. The van der Waals surface area contributed by atoms with E-state index in [2.05, 4.69) is 10.5 Å². The van der Waals surface area contributed by atoms with Crippen molar-refractivity contribution in [3.63, 3.8) is 0 Å². The predicted octanol–water partition coefficient (Wildman–Crippen LogP) is 5.02. The molecule has 2 rings (SSSR count). The van der Waals surface area contributed by atoms with Gasteiger partial charge in [0.2, 0.25) is 0 Å². The molecular weight excluding hydrogens is 351 g/mol. The van der Waals surface area contributed by atoms with Crippen molar-refractivity contribution in [1.82, 2.24) is 0 Å². The zero-order valence-corrected chi connectivity index (χ0v) is 14.6. The van der Waals surface area contributed by atoms with Crippen molar-refractivity contribution < 1.29 is 14.7 Å². The molecule has 0 fully saturated rings. The summed E-state index contributed by atoms with van der Waals surface area (Å²) in [6.07, 6.45) is 0. The second-order valence-electron chi connectivity index (χ2n) is 5.09. The summed E-state index contributed by atoms with van der Waals surface area (Å²) in [7, 11) is 0.